The molecule has 7 heteroatoms. The first kappa shape index (κ1) is 21.4. The molecule has 1 saturated heterocycles. The van der Waals surface area contributed by atoms with E-state index in [1.54, 1.807) is 4.90 Å². The number of amides is 2. The second kappa shape index (κ2) is 8.73. The Bertz CT molecular complexity index is 979. The number of aryl methyl sites for hydroxylation is 2. The standard InChI is InChI=1S/C24H32N4O3/c1-15(2)13-28-22-18(11-26-28)7-5-6-17-10-19(8-9-21(17)22)27-14-20(31-24(27)30)12-25-23(29)16(3)4/h8-11,15-16,20H,5-7,12-14H2,1-4H3,(H,25,29)/t20-/m0/s1. The van der Waals surface area contributed by atoms with E-state index in [0.29, 0.717) is 19.0 Å². The summed E-state index contributed by atoms with van der Waals surface area (Å²) in [4.78, 5) is 26.0. The summed E-state index contributed by atoms with van der Waals surface area (Å²) in [5, 5.41) is 7.50. The molecule has 1 aromatic carbocycles. The number of benzene rings is 1. The van der Waals surface area contributed by atoms with Gasteiger partial charge in [0, 0.05) is 23.7 Å². The predicted octanol–water partition coefficient (Wildman–Crippen LogP) is 3.79. The highest BCUT2D eigenvalue weighted by atomic mass is 16.6. The summed E-state index contributed by atoms with van der Waals surface area (Å²) in [6.07, 6.45) is 4.35. The van der Waals surface area contributed by atoms with Crippen LogP contribution in [0.4, 0.5) is 10.5 Å². The second-order valence-electron chi connectivity index (χ2n) is 9.31. The number of nitrogens with zero attached hydrogens (tertiary/aromatic N) is 3. The third-order valence-corrected chi connectivity index (χ3v) is 5.90. The van der Waals surface area contributed by atoms with E-state index >= 15 is 0 Å². The number of anilines is 1. The number of carbonyl (C=O) groups excluding carboxylic acids is 2. The van der Waals surface area contributed by atoms with Crippen molar-refractivity contribution in [1.82, 2.24) is 15.1 Å². The topological polar surface area (TPSA) is 76.5 Å². The van der Waals surface area contributed by atoms with Gasteiger partial charge in [0.25, 0.3) is 0 Å². The Hall–Kier alpha value is -2.83. The average molecular weight is 425 g/mol. The molecule has 2 heterocycles. The fourth-order valence-corrected chi connectivity index (χ4v) is 4.32. The smallest absolute Gasteiger partial charge is 0.414 e. The number of ether oxygens (including phenoxy) is 1. The van der Waals surface area contributed by atoms with Gasteiger partial charge in [0.05, 0.1) is 25.0 Å². The van der Waals surface area contributed by atoms with E-state index in [0.717, 1.165) is 31.5 Å². The van der Waals surface area contributed by atoms with Crippen molar-refractivity contribution in [2.75, 3.05) is 18.0 Å². The zero-order valence-electron chi connectivity index (χ0n) is 18.9. The van der Waals surface area contributed by atoms with Crippen LogP contribution in [0.1, 0.15) is 45.2 Å². The van der Waals surface area contributed by atoms with Gasteiger partial charge in [0.15, 0.2) is 0 Å². The summed E-state index contributed by atoms with van der Waals surface area (Å²) in [6.45, 7) is 9.75. The number of hydrogen-bond donors (Lipinski definition) is 1. The Morgan fingerprint density at radius 1 is 1.23 bits per heavy atom. The van der Waals surface area contributed by atoms with Crippen molar-refractivity contribution in [3.63, 3.8) is 0 Å². The van der Waals surface area contributed by atoms with E-state index in [2.05, 4.69) is 41.1 Å². The molecule has 1 aliphatic heterocycles. The minimum absolute atomic E-state index is 0.0339. The second-order valence-corrected chi connectivity index (χ2v) is 9.31. The van der Waals surface area contributed by atoms with Gasteiger partial charge in [0.2, 0.25) is 5.91 Å². The molecule has 0 bridgehead atoms. The molecule has 1 N–H and O–H groups in total. The molecular formula is C24H32N4O3. The SMILES string of the molecule is CC(C)Cn1ncc2c1-c1ccc(N3C[C@H](CNC(=O)C(C)C)OC3=O)cc1CCC2. The lowest BCUT2D eigenvalue weighted by Crippen LogP contribution is -2.36. The lowest BCUT2D eigenvalue weighted by molar-refractivity contribution is -0.124. The van der Waals surface area contributed by atoms with E-state index in [1.165, 1.54) is 22.4 Å². The number of hydrogen-bond acceptors (Lipinski definition) is 4. The molecule has 1 aliphatic carbocycles. The van der Waals surface area contributed by atoms with Crippen LogP contribution in [0.25, 0.3) is 11.3 Å². The molecule has 0 radical (unpaired) electrons. The number of aromatic nitrogens is 2. The first-order valence-electron chi connectivity index (χ1n) is 11.3. The van der Waals surface area contributed by atoms with Gasteiger partial charge in [-0.25, -0.2) is 4.79 Å². The lowest BCUT2D eigenvalue weighted by Gasteiger charge is -2.18. The van der Waals surface area contributed by atoms with Gasteiger partial charge in [-0.3, -0.25) is 14.4 Å². The number of fused-ring (bicyclic) bond motifs is 3. The van der Waals surface area contributed by atoms with Crippen molar-refractivity contribution < 1.29 is 14.3 Å². The van der Waals surface area contributed by atoms with Crippen LogP contribution in [0.3, 0.4) is 0 Å². The summed E-state index contributed by atoms with van der Waals surface area (Å²) in [5.74, 6) is 0.391. The fraction of sp³-hybridized carbons (Fsp3) is 0.542. The maximum Gasteiger partial charge on any atom is 0.414 e. The van der Waals surface area contributed by atoms with E-state index in [1.807, 2.05) is 26.1 Å². The summed E-state index contributed by atoms with van der Waals surface area (Å²) in [7, 11) is 0. The van der Waals surface area contributed by atoms with Crippen LogP contribution >= 0.6 is 0 Å². The summed E-state index contributed by atoms with van der Waals surface area (Å²) in [5.41, 5.74) is 5.81. The Kier molecular flexibility index (Phi) is 6.03. The van der Waals surface area contributed by atoms with E-state index in [4.69, 9.17) is 4.74 Å². The van der Waals surface area contributed by atoms with Gasteiger partial charge in [-0.1, -0.05) is 33.8 Å². The largest absolute Gasteiger partial charge is 0.442 e. The minimum atomic E-state index is -0.358. The summed E-state index contributed by atoms with van der Waals surface area (Å²) < 4.78 is 7.62. The van der Waals surface area contributed by atoms with Crippen molar-refractivity contribution in [1.29, 1.82) is 0 Å². The van der Waals surface area contributed by atoms with Crippen LogP contribution in [0.5, 0.6) is 0 Å². The van der Waals surface area contributed by atoms with Crippen LogP contribution in [-0.4, -0.2) is 41.0 Å². The molecule has 1 atom stereocenters. The Labute approximate surface area is 183 Å². The van der Waals surface area contributed by atoms with Crippen LogP contribution < -0.4 is 10.2 Å². The van der Waals surface area contributed by atoms with Crippen LogP contribution in [0.15, 0.2) is 24.4 Å². The zero-order valence-corrected chi connectivity index (χ0v) is 18.9. The zero-order chi connectivity index (χ0) is 22.1. The van der Waals surface area contributed by atoms with Crippen LogP contribution in [0.2, 0.25) is 0 Å². The molecule has 0 spiro atoms. The average Bonchev–Trinajstić information content (AvgIpc) is 3.22. The maximum absolute atomic E-state index is 12.5. The molecule has 1 fully saturated rings. The van der Waals surface area contributed by atoms with Gasteiger partial charge in [0.1, 0.15) is 6.10 Å². The van der Waals surface area contributed by atoms with Crippen molar-refractivity contribution in [2.45, 2.75) is 59.6 Å². The third-order valence-electron chi connectivity index (χ3n) is 5.90. The van der Waals surface area contributed by atoms with E-state index < -0.39 is 0 Å². The minimum Gasteiger partial charge on any atom is -0.442 e. The third kappa shape index (κ3) is 4.45. The molecule has 1 aromatic heterocycles. The Balaban J connectivity index is 1.55. The van der Waals surface area contributed by atoms with Crippen molar-refractivity contribution in [3.05, 3.63) is 35.5 Å². The highest BCUT2D eigenvalue weighted by Crippen LogP contribution is 2.36. The number of cyclic esters (lactones) is 1. The van der Waals surface area contributed by atoms with Gasteiger partial charge >= 0.3 is 6.09 Å². The normalized spacial score (nSPS) is 18.1. The molecular weight excluding hydrogens is 392 g/mol. The molecule has 4 rings (SSSR count). The number of rotatable bonds is 6. The van der Waals surface area contributed by atoms with Crippen molar-refractivity contribution in [3.8, 4) is 11.3 Å². The number of nitrogens with one attached hydrogen (secondary N) is 1. The highest BCUT2D eigenvalue weighted by Gasteiger charge is 2.33. The van der Waals surface area contributed by atoms with Crippen molar-refractivity contribution in [2.24, 2.45) is 11.8 Å². The van der Waals surface area contributed by atoms with Crippen LogP contribution in [0, 0.1) is 11.8 Å². The monoisotopic (exact) mass is 424 g/mol. The highest BCUT2D eigenvalue weighted by molar-refractivity contribution is 5.90. The molecule has 0 saturated carbocycles. The predicted molar refractivity (Wildman–Crippen MR) is 120 cm³/mol. The fourth-order valence-electron chi connectivity index (χ4n) is 4.32. The maximum atomic E-state index is 12.5. The molecule has 31 heavy (non-hydrogen) atoms. The van der Waals surface area contributed by atoms with Crippen LogP contribution in [-0.2, 0) is 28.9 Å². The molecule has 2 aliphatic rings. The summed E-state index contributed by atoms with van der Waals surface area (Å²) >= 11 is 0. The lowest BCUT2D eigenvalue weighted by atomic mass is 10.0. The molecule has 2 amide bonds. The van der Waals surface area contributed by atoms with Gasteiger partial charge in [-0.05, 0) is 48.4 Å². The van der Waals surface area contributed by atoms with Gasteiger partial charge < -0.3 is 10.1 Å². The molecule has 0 unspecified atom stereocenters. The molecule has 166 valence electrons. The van der Waals surface area contributed by atoms with E-state index in [-0.39, 0.29) is 24.0 Å². The van der Waals surface area contributed by atoms with Gasteiger partial charge in [-0.15, -0.1) is 0 Å². The number of carbonyl (C=O) groups is 2. The Morgan fingerprint density at radius 3 is 2.74 bits per heavy atom. The quantitative estimate of drug-likeness (QED) is 0.765. The first-order valence-corrected chi connectivity index (χ1v) is 11.3. The first-order chi connectivity index (χ1) is 14.8. The van der Waals surface area contributed by atoms with Crippen molar-refractivity contribution >= 4 is 17.7 Å². The van der Waals surface area contributed by atoms with Gasteiger partial charge in [-0.2, -0.15) is 5.10 Å². The molecule has 7 nitrogen and oxygen atoms in total. The molecule has 2 aromatic rings. The van der Waals surface area contributed by atoms with E-state index in [9.17, 15) is 9.59 Å². The summed E-state index contributed by atoms with van der Waals surface area (Å²) in [6, 6.07) is 6.24. The Morgan fingerprint density at radius 2 is 2.00 bits per heavy atom.